The Morgan fingerprint density at radius 1 is 0.826 bits per heavy atom. The molecule has 0 aliphatic carbocycles. The van der Waals surface area contributed by atoms with Crippen LogP contribution in [0.15, 0.2) is 24.3 Å². The Kier molecular flexibility index (Phi) is 10.7. The summed E-state index contributed by atoms with van der Waals surface area (Å²) in [5.41, 5.74) is 0. The first-order chi connectivity index (χ1) is 11.2. The fourth-order valence-electron chi connectivity index (χ4n) is 2.66. The van der Waals surface area contributed by atoms with Crippen LogP contribution in [0.25, 0.3) is 0 Å². The first-order valence-corrected chi connectivity index (χ1v) is 11.8. The molecule has 0 aliphatic heterocycles. The van der Waals surface area contributed by atoms with E-state index in [1.54, 1.807) is 0 Å². The van der Waals surface area contributed by atoms with Crippen LogP contribution >= 0.6 is 11.6 Å². The highest BCUT2D eigenvalue weighted by Gasteiger charge is 2.35. The Morgan fingerprint density at radius 3 is 1.96 bits per heavy atom. The lowest BCUT2D eigenvalue weighted by molar-refractivity contribution is 0.230. The van der Waals surface area contributed by atoms with Crippen LogP contribution in [0.3, 0.4) is 0 Å². The van der Waals surface area contributed by atoms with Crippen molar-refractivity contribution in [3.63, 3.8) is 0 Å². The maximum absolute atomic E-state index is 6.27. The van der Waals surface area contributed by atoms with Crippen LogP contribution in [0.4, 0.5) is 0 Å². The highest BCUT2D eigenvalue weighted by atomic mass is 35.5. The van der Waals surface area contributed by atoms with E-state index in [9.17, 15) is 0 Å². The second-order valence-corrected chi connectivity index (χ2v) is 10.3. The SMILES string of the molecule is CCCCCCCCCO[Si](CC)(CC)Oc1ccc(Cl)cc1. The van der Waals surface area contributed by atoms with Gasteiger partial charge in [-0.1, -0.05) is 70.9 Å². The van der Waals surface area contributed by atoms with E-state index in [0.717, 1.165) is 35.9 Å². The predicted octanol–water partition coefficient (Wildman–Crippen LogP) is 6.97. The molecule has 132 valence electrons. The fraction of sp³-hybridized carbons (Fsp3) is 0.684. The summed E-state index contributed by atoms with van der Waals surface area (Å²) in [5, 5.41) is 0.738. The minimum atomic E-state index is -2.13. The van der Waals surface area contributed by atoms with Crippen LogP contribution in [0.1, 0.15) is 65.7 Å². The summed E-state index contributed by atoms with van der Waals surface area (Å²) >= 11 is 5.94. The number of rotatable bonds is 13. The molecule has 0 N–H and O–H groups in total. The number of hydrogen-bond acceptors (Lipinski definition) is 2. The maximum atomic E-state index is 6.27. The van der Waals surface area contributed by atoms with Gasteiger partial charge in [0.2, 0.25) is 0 Å². The Labute approximate surface area is 148 Å². The molecule has 1 rings (SSSR count). The molecule has 0 aromatic heterocycles. The Balaban J connectivity index is 2.34. The van der Waals surface area contributed by atoms with Crippen molar-refractivity contribution in [2.45, 2.75) is 77.8 Å². The normalized spacial score (nSPS) is 11.7. The van der Waals surface area contributed by atoms with Crippen molar-refractivity contribution >= 4 is 20.2 Å². The minimum Gasteiger partial charge on any atom is -0.520 e. The molecule has 23 heavy (non-hydrogen) atoms. The summed E-state index contributed by atoms with van der Waals surface area (Å²) in [6, 6.07) is 9.57. The highest BCUT2D eigenvalue weighted by molar-refractivity contribution is 6.68. The molecule has 4 heteroatoms. The van der Waals surface area contributed by atoms with Crippen LogP contribution in [0, 0.1) is 0 Å². The smallest absolute Gasteiger partial charge is 0.398 e. The van der Waals surface area contributed by atoms with Gasteiger partial charge in [0.15, 0.2) is 0 Å². The molecule has 0 aliphatic rings. The summed E-state index contributed by atoms with van der Waals surface area (Å²) in [6.07, 6.45) is 9.15. The van der Waals surface area contributed by atoms with E-state index >= 15 is 0 Å². The molecule has 0 fully saturated rings. The first kappa shape index (κ1) is 20.5. The molecule has 0 saturated heterocycles. The molecule has 0 radical (unpaired) electrons. The zero-order valence-electron chi connectivity index (χ0n) is 15.1. The third-order valence-electron chi connectivity index (χ3n) is 4.31. The van der Waals surface area contributed by atoms with Gasteiger partial charge in [0.05, 0.1) is 0 Å². The van der Waals surface area contributed by atoms with Crippen LogP contribution < -0.4 is 4.43 Å². The lowest BCUT2D eigenvalue weighted by atomic mass is 10.1. The Hall–Kier alpha value is -0.513. The number of benzene rings is 1. The fourth-order valence-corrected chi connectivity index (χ4v) is 5.13. The molecule has 0 spiro atoms. The van der Waals surface area contributed by atoms with E-state index in [1.807, 2.05) is 24.3 Å². The van der Waals surface area contributed by atoms with Gasteiger partial charge in [-0.15, -0.1) is 0 Å². The van der Waals surface area contributed by atoms with Crippen LogP contribution in [0.2, 0.25) is 17.1 Å². The third kappa shape index (κ3) is 8.23. The molecule has 0 bridgehead atoms. The monoisotopic (exact) mass is 356 g/mol. The van der Waals surface area contributed by atoms with E-state index in [2.05, 4.69) is 20.8 Å². The van der Waals surface area contributed by atoms with Gasteiger partial charge >= 0.3 is 8.56 Å². The molecule has 0 amide bonds. The quantitative estimate of drug-likeness (QED) is 0.280. The third-order valence-corrected chi connectivity index (χ3v) is 8.05. The lowest BCUT2D eigenvalue weighted by Crippen LogP contribution is -2.44. The molecule has 0 unspecified atom stereocenters. The topological polar surface area (TPSA) is 18.5 Å². The van der Waals surface area contributed by atoms with E-state index < -0.39 is 8.56 Å². The average molecular weight is 357 g/mol. The van der Waals surface area contributed by atoms with Gasteiger partial charge in [-0.3, -0.25) is 0 Å². The second-order valence-electron chi connectivity index (χ2n) is 6.14. The van der Waals surface area contributed by atoms with Crippen molar-refractivity contribution in [1.82, 2.24) is 0 Å². The zero-order valence-corrected chi connectivity index (χ0v) is 16.8. The largest absolute Gasteiger partial charge is 0.520 e. The summed E-state index contributed by atoms with van der Waals surface area (Å²) in [7, 11) is -2.13. The van der Waals surface area contributed by atoms with Gasteiger partial charge in [0.25, 0.3) is 0 Å². The summed E-state index contributed by atoms with van der Waals surface area (Å²) < 4.78 is 12.5. The van der Waals surface area contributed by atoms with E-state index in [0.29, 0.717) is 0 Å². The second kappa shape index (κ2) is 11.9. The highest BCUT2D eigenvalue weighted by Crippen LogP contribution is 2.25. The number of halogens is 1. The van der Waals surface area contributed by atoms with Gasteiger partial charge in [-0.2, -0.15) is 0 Å². The van der Waals surface area contributed by atoms with E-state index in [-0.39, 0.29) is 0 Å². The molecule has 0 saturated carbocycles. The minimum absolute atomic E-state index is 0.738. The van der Waals surface area contributed by atoms with E-state index in [4.69, 9.17) is 20.5 Å². The summed E-state index contributed by atoms with van der Waals surface area (Å²) in [6.45, 7) is 7.44. The van der Waals surface area contributed by atoms with Gasteiger partial charge in [-0.05, 0) is 42.8 Å². The molecule has 1 aromatic rings. The predicted molar refractivity (Wildman–Crippen MR) is 103 cm³/mol. The maximum Gasteiger partial charge on any atom is 0.398 e. The van der Waals surface area contributed by atoms with Crippen LogP contribution in [0.5, 0.6) is 5.75 Å². The van der Waals surface area contributed by atoms with Crippen LogP contribution in [-0.4, -0.2) is 15.2 Å². The van der Waals surface area contributed by atoms with Crippen molar-refractivity contribution in [2.75, 3.05) is 6.61 Å². The number of unbranched alkanes of at least 4 members (excludes halogenated alkanes) is 6. The Morgan fingerprint density at radius 2 is 1.39 bits per heavy atom. The van der Waals surface area contributed by atoms with E-state index in [1.165, 1.54) is 38.5 Å². The van der Waals surface area contributed by atoms with Crippen molar-refractivity contribution in [3.05, 3.63) is 29.3 Å². The molecular weight excluding hydrogens is 324 g/mol. The molecule has 1 aromatic carbocycles. The van der Waals surface area contributed by atoms with Crippen molar-refractivity contribution in [1.29, 1.82) is 0 Å². The number of hydrogen-bond donors (Lipinski definition) is 0. The van der Waals surface area contributed by atoms with Crippen molar-refractivity contribution in [3.8, 4) is 5.75 Å². The lowest BCUT2D eigenvalue weighted by Gasteiger charge is -2.29. The molecule has 0 heterocycles. The van der Waals surface area contributed by atoms with Gasteiger partial charge < -0.3 is 8.85 Å². The van der Waals surface area contributed by atoms with Crippen molar-refractivity contribution in [2.24, 2.45) is 0 Å². The Bertz CT molecular complexity index is 404. The van der Waals surface area contributed by atoms with Crippen LogP contribution in [-0.2, 0) is 4.43 Å². The van der Waals surface area contributed by atoms with Gasteiger partial charge in [0.1, 0.15) is 5.75 Å². The summed E-state index contributed by atoms with van der Waals surface area (Å²) in [4.78, 5) is 0. The van der Waals surface area contributed by atoms with Gasteiger partial charge in [-0.25, -0.2) is 0 Å². The van der Waals surface area contributed by atoms with Gasteiger partial charge in [0, 0.05) is 11.6 Å². The molecular formula is C19H33ClO2Si. The standard InChI is InChI=1S/C19H33ClO2Si/c1-4-7-8-9-10-11-12-17-21-23(5-2,6-3)22-19-15-13-18(20)14-16-19/h13-16H,4-12,17H2,1-3H3. The average Bonchev–Trinajstić information content (AvgIpc) is 2.58. The van der Waals surface area contributed by atoms with Crippen molar-refractivity contribution < 1.29 is 8.85 Å². The first-order valence-electron chi connectivity index (χ1n) is 9.24. The molecule has 2 nitrogen and oxygen atoms in total. The zero-order chi connectivity index (χ0) is 17.0. The summed E-state index contributed by atoms with van der Waals surface area (Å²) in [5.74, 6) is 0.879. The molecule has 0 atom stereocenters.